The molecule has 0 bridgehead atoms. The number of carbonyl (C=O) groups excluding carboxylic acids is 1. The number of carbonyl (C=O) groups is 1. The average Bonchev–Trinajstić information content (AvgIpc) is 3.26. The van der Waals surface area contributed by atoms with Crippen LogP contribution in [0.2, 0.25) is 0 Å². The Bertz CT molecular complexity index is 1280. The van der Waals surface area contributed by atoms with Crippen LogP contribution in [0.1, 0.15) is 43.9 Å². The van der Waals surface area contributed by atoms with E-state index in [0.717, 1.165) is 39.6 Å². The van der Waals surface area contributed by atoms with E-state index in [1.54, 1.807) is 6.34 Å². The zero-order valence-corrected chi connectivity index (χ0v) is 19.9. The molecule has 1 aromatic heterocycles. The van der Waals surface area contributed by atoms with Crippen LogP contribution in [0.4, 0.5) is 5.69 Å². The SMILES string of the molecule is CCN/C=N/c1cc(C)c(Cc2nc(-c3ccccc3)c(C(=O)c3ccccc3)s2)cc1C. The maximum Gasteiger partial charge on any atom is 0.205 e. The van der Waals surface area contributed by atoms with Gasteiger partial charge in [0.1, 0.15) is 4.88 Å². The summed E-state index contributed by atoms with van der Waals surface area (Å²) >= 11 is 1.49. The highest BCUT2D eigenvalue weighted by Crippen LogP contribution is 2.33. The van der Waals surface area contributed by atoms with Crippen LogP contribution in [0.15, 0.2) is 77.8 Å². The van der Waals surface area contributed by atoms with Crippen molar-refractivity contribution in [2.24, 2.45) is 4.99 Å². The molecule has 1 N–H and O–H groups in total. The van der Waals surface area contributed by atoms with Crippen molar-refractivity contribution in [3.05, 3.63) is 105 Å². The molecule has 0 atom stereocenters. The Labute approximate surface area is 199 Å². The van der Waals surface area contributed by atoms with Crippen molar-refractivity contribution >= 4 is 29.1 Å². The lowest BCUT2D eigenvalue weighted by Crippen LogP contribution is -2.08. The van der Waals surface area contributed by atoms with Gasteiger partial charge in [-0.25, -0.2) is 9.98 Å². The number of aromatic nitrogens is 1. The molecule has 0 aliphatic carbocycles. The number of nitrogens with zero attached hydrogens (tertiary/aromatic N) is 2. The molecule has 4 nitrogen and oxygen atoms in total. The summed E-state index contributed by atoms with van der Waals surface area (Å²) in [4.78, 5) is 23.5. The molecule has 1 heterocycles. The van der Waals surface area contributed by atoms with Crippen LogP contribution in [0.25, 0.3) is 11.3 Å². The third-order valence-corrected chi connectivity index (χ3v) is 6.51. The van der Waals surface area contributed by atoms with Crippen LogP contribution >= 0.6 is 11.3 Å². The number of rotatable bonds is 8. The summed E-state index contributed by atoms with van der Waals surface area (Å²) in [5.74, 6) is 0.0132. The first-order valence-electron chi connectivity index (χ1n) is 11.1. The number of thiazole rings is 1. The van der Waals surface area contributed by atoms with Gasteiger partial charge in [-0.2, -0.15) is 0 Å². The molecule has 4 rings (SSSR count). The zero-order valence-electron chi connectivity index (χ0n) is 19.1. The molecular formula is C28H27N3OS. The Morgan fingerprint density at radius 3 is 2.39 bits per heavy atom. The highest BCUT2D eigenvalue weighted by molar-refractivity contribution is 7.14. The molecule has 4 aromatic rings. The predicted molar refractivity (Wildman–Crippen MR) is 138 cm³/mol. The molecule has 0 saturated heterocycles. The summed E-state index contributed by atoms with van der Waals surface area (Å²) in [5, 5.41) is 4.04. The smallest absolute Gasteiger partial charge is 0.205 e. The largest absolute Gasteiger partial charge is 0.376 e. The van der Waals surface area contributed by atoms with Crippen LogP contribution in [-0.4, -0.2) is 23.7 Å². The molecule has 5 heteroatoms. The van der Waals surface area contributed by atoms with E-state index in [0.29, 0.717) is 16.9 Å². The van der Waals surface area contributed by atoms with Gasteiger partial charge in [-0.15, -0.1) is 11.3 Å². The molecule has 0 radical (unpaired) electrons. The second-order valence-electron chi connectivity index (χ2n) is 7.90. The maximum absolute atomic E-state index is 13.3. The minimum Gasteiger partial charge on any atom is -0.376 e. The van der Waals surface area contributed by atoms with E-state index in [1.165, 1.54) is 16.9 Å². The topological polar surface area (TPSA) is 54.4 Å². The second kappa shape index (κ2) is 10.4. The molecule has 0 fully saturated rings. The van der Waals surface area contributed by atoms with E-state index in [-0.39, 0.29) is 5.78 Å². The third kappa shape index (κ3) is 5.26. The fourth-order valence-electron chi connectivity index (χ4n) is 3.67. The van der Waals surface area contributed by atoms with Crippen LogP contribution in [0.5, 0.6) is 0 Å². The molecule has 3 aromatic carbocycles. The van der Waals surface area contributed by atoms with Crippen LogP contribution in [0.3, 0.4) is 0 Å². The van der Waals surface area contributed by atoms with Gasteiger partial charge >= 0.3 is 0 Å². The van der Waals surface area contributed by atoms with Crippen LogP contribution in [0, 0.1) is 13.8 Å². The predicted octanol–water partition coefficient (Wildman–Crippen LogP) is 6.52. The van der Waals surface area contributed by atoms with Gasteiger partial charge in [0.05, 0.1) is 22.7 Å². The molecule has 0 unspecified atom stereocenters. The molecule has 0 spiro atoms. The first-order chi connectivity index (χ1) is 16.1. The van der Waals surface area contributed by atoms with Gasteiger partial charge in [0.25, 0.3) is 0 Å². The summed E-state index contributed by atoms with van der Waals surface area (Å²) in [6.45, 7) is 7.06. The lowest BCUT2D eigenvalue weighted by Gasteiger charge is -2.08. The summed E-state index contributed by atoms with van der Waals surface area (Å²) in [7, 11) is 0. The first-order valence-corrected chi connectivity index (χ1v) is 11.9. The second-order valence-corrected chi connectivity index (χ2v) is 8.99. The number of ketones is 1. The van der Waals surface area contributed by atoms with Crippen molar-refractivity contribution in [2.75, 3.05) is 6.54 Å². The number of aryl methyl sites for hydroxylation is 2. The molecular weight excluding hydrogens is 426 g/mol. The molecule has 0 aliphatic heterocycles. The minimum absolute atomic E-state index is 0.0132. The standard InChI is InChI=1S/C28H27N3OS/c1-4-29-18-30-24-16-19(2)23(15-20(24)3)17-25-31-26(21-11-7-5-8-12-21)28(33-25)27(32)22-13-9-6-10-14-22/h5-16,18H,4,17H2,1-3H3,(H,29,30). The quantitative estimate of drug-likeness (QED) is 0.188. The Balaban J connectivity index is 1.70. The van der Waals surface area contributed by atoms with Gasteiger partial charge in [-0.05, 0) is 43.5 Å². The van der Waals surface area contributed by atoms with Crippen molar-refractivity contribution in [1.29, 1.82) is 0 Å². The van der Waals surface area contributed by atoms with E-state index in [1.807, 2.05) is 67.6 Å². The van der Waals surface area contributed by atoms with Gasteiger partial charge < -0.3 is 5.32 Å². The highest BCUT2D eigenvalue weighted by Gasteiger charge is 2.21. The number of hydrogen-bond acceptors (Lipinski definition) is 4. The van der Waals surface area contributed by atoms with Crippen molar-refractivity contribution in [2.45, 2.75) is 27.2 Å². The highest BCUT2D eigenvalue weighted by atomic mass is 32.1. The number of nitrogens with one attached hydrogen (secondary N) is 1. The summed E-state index contributed by atoms with van der Waals surface area (Å²) < 4.78 is 0. The van der Waals surface area contributed by atoms with E-state index >= 15 is 0 Å². The van der Waals surface area contributed by atoms with E-state index in [9.17, 15) is 4.79 Å². The van der Waals surface area contributed by atoms with E-state index in [4.69, 9.17) is 4.98 Å². The van der Waals surface area contributed by atoms with Gasteiger partial charge in [0, 0.05) is 24.1 Å². The fraction of sp³-hybridized carbons (Fsp3) is 0.179. The molecule has 0 aliphatic rings. The van der Waals surface area contributed by atoms with Crippen molar-refractivity contribution in [3.63, 3.8) is 0 Å². The lowest BCUT2D eigenvalue weighted by molar-refractivity contribution is 0.104. The van der Waals surface area contributed by atoms with Crippen molar-refractivity contribution in [3.8, 4) is 11.3 Å². The summed E-state index contributed by atoms with van der Waals surface area (Å²) in [5.41, 5.74) is 6.83. The Morgan fingerprint density at radius 1 is 1.00 bits per heavy atom. The summed E-state index contributed by atoms with van der Waals surface area (Å²) in [6, 6.07) is 23.7. The minimum atomic E-state index is 0.0132. The molecule has 33 heavy (non-hydrogen) atoms. The molecule has 166 valence electrons. The first kappa shape index (κ1) is 22.6. The third-order valence-electron chi connectivity index (χ3n) is 5.46. The lowest BCUT2D eigenvalue weighted by atomic mass is 10.0. The monoisotopic (exact) mass is 453 g/mol. The van der Waals surface area contributed by atoms with E-state index < -0.39 is 0 Å². The number of hydrogen-bond donors (Lipinski definition) is 1. The normalized spacial score (nSPS) is 11.1. The fourth-order valence-corrected chi connectivity index (χ4v) is 4.74. The van der Waals surface area contributed by atoms with Crippen LogP contribution in [-0.2, 0) is 6.42 Å². The zero-order chi connectivity index (χ0) is 23.2. The van der Waals surface area contributed by atoms with E-state index in [2.05, 4.69) is 36.3 Å². The number of benzene rings is 3. The molecule has 0 amide bonds. The summed E-state index contributed by atoms with van der Waals surface area (Å²) in [6.07, 6.45) is 2.42. The molecule has 0 saturated carbocycles. The van der Waals surface area contributed by atoms with Crippen LogP contribution < -0.4 is 5.32 Å². The number of aliphatic imine (C=N–C) groups is 1. The Hall–Kier alpha value is -3.57. The van der Waals surface area contributed by atoms with Gasteiger partial charge in [-0.3, -0.25) is 4.79 Å². The Kier molecular flexibility index (Phi) is 7.10. The van der Waals surface area contributed by atoms with Crippen molar-refractivity contribution < 1.29 is 4.79 Å². The average molecular weight is 454 g/mol. The van der Waals surface area contributed by atoms with Gasteiger partial charge in [0.2, 0.25) is 5.78 Å². The maximum atomic E-state index is 13.3. The van der Waals surface area contributed by atoms with Gasteiger partial charge in [0.15, 0.2) is 0 Å². The Morgan fingerprint density at radius 2 is 1.70 bits per heavy atom. The van der Waals surface area contributed by atoms with Gasteiger partial charge in [-0.1, -0.05) is 66.7 Å². The van der Waals surface area contributed by atoms with Crippen molar-refractivity contribution in [1.82, 2.24) is 10.3 Å².